The van der Waals surface area contributed by atoms with E-state index in [1.54, 1.807) is 13.0 Å². The SMILES string of the molecule is Cc1ccc([N+](=O)[O-])c(NC(=O)c2cccc(Br)c2F)c1. The van der Waals surface area contributed by atoms with Gasteiger partial charge in [0.25, 0.3) is 11.6 Å². The fraction of sp³-hybridized carbons (Fsp3) is 0.0714. The molecule has 0 unspecified atom stereocenters. The Bertz CT molecular complexity index is 734. The number of aryl methyl sites for hydroxylation is 1. The molecule has 7 heteroatoms. The van der Waals surface area contributed by atoms with Gasteiger partial charge in [0.05, 0.1) is 15.0 Å². The van der Waals surface area contributed by atoms with E-state index in [-0.39, 0.29) is 21.4 Å². The van der Waals surface area contributed by atoms with Crippen LogP contribution in [-0.4, -0.2) is 10.8 Å². The number of rotatable bonds is 3. The number of benzene rings is 2. The third-order valence-electron chi connectivity index (χ3n) is 2.79. The molecule has 5 nitrogen and oxygen atoms in total. The predicted molar refractivity (Wildman–Crippen MR) is 79.9 cm³/mol. The molecule has 0 aliphatic carbocycles. The molecule has 0 atom stereocenters. The highest BCUT2D eigenvalue weighted by Crippen LogP contribution is 2.26. The quantitative estimate of drug-likeness (QED) is 0.668. The number of hydrogen-bond donors (Lipinski definition) is 1. The summed E-state index contributed by atoms with van der Waals surface area (Å²) in [5, 5.41) is 13.3. The van der Waals surface area contributed by atoms with Crippen molar-refractivity contribution in [2.24, 2.45) is 0 Å². The van der Waals surface area contributed by atoms with Crippen molar-refractivity contribution in [1.82, 2.24) is 0 Å². The summed E-state index contributed by atoms with van der Waals surface area (Å²) in [6, 6.07) is 8.59. The van der Waals surface area contributed by atoms with Gasteiger partial charge in [-0.05, 0) is 46.6 Å². The van der Waals surface area contributed by atoms with Gasteiger partial charge >= 0.3 is 0 Å². The maximum atomic E-state index is 13.9. The normalized spacial score (nSPS) is 10.2. The van der Waals surface area contributed by atoms with Gasteiger partial charge in [-0.15, -0.1) is 0 Å². The number of nitrogens with one attached hydrogen (secondary N) is 1. The molecular weight excluding hydrogens is 343 g/mol. The van der Waals surface area contributed by atoms with Crippen molar-refractivity contribution in [3.05, 3.63) is 67.9 Å². The Morgan fingerprint density at radius 1 is 1.33 bits per heavy atom. The molecule has 0 saturated carbocycles. The molecule has 0 spiro atoms. The lowest BCUT2D eigenvalue weighted by molar-refractivity contribution is -0.383. The monoisotopic (exact) mass is 352 g/mol. The highest BCUT2D eigenvalue weighted by Gasteiger charge is 2.19. The molecule has 0 aliphatic heterocycles. The minimum atomic E-state index is -0.748. The van der Waals surface area contributed by atoms with E-state index in [1.165, 1.54) is 30.3 Å². The van der Waals surface area contributed by atoms with E-state index >= 15 is 0 Å². The standard InChI is InChI=1S/C14H10BrFN2O3/c1-8-5-6-12(18(20)21)11(7-8)17-14(19)9-3-2-4-10(15)13(9)16/h2-7H,1H3,(H,17,19). The van der Waals surface area contributed by atoms with Crippen LogP contribution in [0, 0.1) is 22.9 Å². The molecule has 108 valence electrons. The van der Waals surface area contributed by atoms with E-state index in [1.807, 2.05) is 0 Å². The van der Waals surface area contributed by atoms with Gasteiger partial charge in [-0.3, -0.25) is 14.9 Å². The molecule has 0 bridgehead atoms. The molecule has 2 rings (SSSR count). The predicted octanol–water partition coefficient (Wildman–Crippen LogP) is 4.06. The lowest BCUT2D eigenvalue weighted by Crippen LogP contribution is -2.15. The summed E-state index contributed by atoms with van der Waals surface area (Å²) in [5.74, 6) is -1.46. The number of nitrogens with zero attached hydrogens (tertiary/aromatic N) is 1. The van der Waals surface area contributed by atoms with Gasteiger partial charge in [-0.25, -0.2) is 4.39 Å². The number of anilines is 1. The van der Waals surface area contributed by atoms with Gasteiger partial charge in [0.1, 0.15) is 11.5 Å². The largest absolute Gasteiger partial charge is 0.316 e. The number of hydrogen-bond acceptors (Lipinski definition) is 3. The first-order chi connectivity index (χ1) is 9.90. The smallest absolute Gasteiger partial charge is 0.292 e. The van der Waals surface area contributed by atoms with Crippen molar-refractivity contribution in [2.75, 3.05) is 5.32 Å². The molecule has 0 heterocycles. The maximum absolute atomic E-state index is 13.9. The van der Waals surface area contributed by atoms with E-state index < -0.39 is 16.6 Å². The van der Waals surface area contributed by atoms with Gasteiger partial charge in [-0.1, -0.05) is 12.1 Å². The molecular formula is C14H10BrFN2O3. The zero-order valence-corrected chi connectivity index (χ0v) is 12.5. The van der Waals surface area contributed by atoms with Crippen LogP contribution in [0.5, 0.6) is 0 Å². The third-order valence-corrected chi connectivity index (χ3v) is 3.41. The van der Waals surface area contributed by atoms with Gasteiger partial charge in [0, 0.05) is 6.07 Å². The first kappa shape index (κ1) is 15.1. The zero-order chi connectivity index (χ0) is 15.6. The Kier molecular flexibility index (Phi) is 4.32. The summed E-state index contributed by atoms with van der Waals surface area (Å²) in [5.41, 5.74) is 0.333. The van der Waals surface area contributed by atoms with Crippen LogP contribution in [0.25, 0.3) is 0 Å². The Morgan fingerprint density at radius 2 is 2.05 bits per heavy atom. The number of amides is 1. The van der Waals surface area contributed by atoms with Gasteiger partial charge in [0.2, 0.25) is 0 Å². The third kappa shape index (κ3) is 3.25. The van der Waals surface area contributed by atoms with Crippen molar-refractivity contribution < 1.29 is 14.1 Å². The lowest BCUT2D eigenvalue weighted by atomic mass is 10.1. The van der Waals surface area contributed by atoms with E-state index in [0.717, 1.165) is 5.56 Å². The minimum absolute atomic E-state index is 0.0318. The van der Waals surface area contributed by atoms with Gasteiger partial charge < -0.3 is 5.32 Å². The van der Waals surface area contributed by atoms with Crippen LogP contribution < -0.4 is 5.32 Å². The van der Waals surface area contributed by atoms with Gasteiger partial charge in [-0.2, -0.15) is 0 Å². The summed E-state index contributed by atoms with van der Waals surface area (Å²) in [6.07, 6.45) is 0. The van der Waals surface area contributed by atoms with E-state index in [4.69, 9.17) is 0 Å². The second kappa shape index (κ2) is 6.01. The number of carbonyl (C=O) groups excluding carboxylic acids is 1. The minimum Gasteiger partial charge on any atom is -0.316 e. The molecule has 0 aliphatic rings. The Balaban J connectivity index is 2.38. The fourth-order valence-electron chi connectivity index (χ4n) is 1.78. The van der Waals surface area contributed by atoms with Crippen molar-refractivity contribution in [1.29, 1.82) is 0 Å². The Morgan fingerprint density at radius 3 is 2.71 bits per heavy atom. The Hall–Kier alpha value is -2.28. The molecule has 21 heavy (non-hydrogen) atoms. The summed E-state index contributed by atoms with van der Waals surface area (Å²) in [6.45, 7) is 1.74. The topological polar surface area (TPSA) is 72.2 Å². The molecule has 0 aromatic heterocycles. The summed E-state index contributed by atoms with van der Waals surface area (Å²) < 4.78 is 14.0. The van der Waals surface area contributed by atoms with E-state index in [0.29, 0.717) is 0 Å². The molecule has 2 aromatic carbocycles. The molecule has 0 fully saturated rings. The number of nitro groups is 1. The lowest BCUT2D eigenvalue weighted by Gasteiger charge is -2.08. The van der Waals surface area contributed by atoms with Crippen molar-refractivity contribution in [3.63, 3.8) is 0 Å². The van der Waals surface area contributed by atoms with Crippen LogP contribution in [0.2, 0.25) is 0 Å². The summed E-state index contributed by atoms with van der Waals surface area (Å²) >= 11 is 2.99. The first-order valence-corrected chi connectivity index (χ1v) is 6.70. The van der Waals surface area contributed by atoms with Crippen LogP contribution in [0.1, 0.15) is 15.9 Å². The molecule has 1 amide bonds. The van der Waals surface area contributed by atoms with Crippen LogP contribution >= 0.6 is 15.9 Å². The zero-order valence-electron chi connectivity index (χ0n) is 10.9. The summed E-state index contributed by atoms with van der Waals surface area (Å²) in [4.78, 5) is 22.4. The van der Waals surface area contributed by atoms with Crippen molar-refractivity contribution in [3.8, 4) is 0 Å². The average Bonchev–Trinajstić information content (AvgIpc) is 2.41. The van der Waals surface area contributed by atoms with E-state index in [9.17, 15) is 19.3 Å². The molecule has 0 saturated heterocycles. The number of halogens is 2. The second-order valence-electron chi connectivity index (χ2n) is 4.33. The van der Waals surface area contributed by atoms with Crippen molar-refractivity contribution >= 4 is 33.2 Å². The average molecular weight is 353 g/mol. The van der Waals surface area contributed by atoms with Crippen LogP contribution in [0.15, 0.2) is 40.9 Å². The van der Waals surface area contributed by atoms with Crippen LogP contribution in [0.4, 0.5) is 15.8 Å². The second-order valence-corrected chi connectivity index (χ2v) is 5.19. The van der Waals surface area contributed by atoms with Crippen LogP contribution in [0.3, 0.4) is 0 Å². The first-order valence-electron chi connectivity index (χ1n) is 5.90. The molecule has 0 radical (unpaired) electrons. The van der Waals surface area contributed by atoms with Crippen LogP contribution in [-0.2, 0) is 0 Å². The molecule has 2 aromatic rings. The highest BCUT2D eigenvalue weighted by atomic mass is 79.9. The fourth-order valence-corrected chi connectivity index (χ4v) is 2.14. The summed E-state index contributed by atoms with van der Waals surface area (Å²) in [7, 11) is 0. The van der Waals surface area contributed by atoms with Crippen molar-refractivity contribution in [2.45, 2.75) is 6.92 Å². The highest BCUT2D eigenvalue weighted by molar-refractivity contribution is 9.10. The van der Waals surface area contributed by atoms with E-state index in [2.05, 4.69) is 21.2 Å². The molecule has 1 N–H and O–H groups in total. The number of nitro benzene ring substituents is 1. The maximum Gasteiger partial charge on any atom is 0.292 e. The van der Waals surface area contributed by atoms with Gasteiger partial charge in [0.15, 0.2) is 0 Å². The Labute approximate surface area is 128 Å². The number of carbonyl (C=O) groups is 1.